The second kappa shape index (κ2) is 10.8. The highest BCUT2D eigenvalue weighted by Gasteiger charge is 2.48. The van der Waals surface area contributed by atoms with E-state index in [4.69, 9.17) is 9.47 Å². The zero-order valence-corrected chi connectivity index (χ0v) is 18.8. The van der Waals surface area contributed by atoms with Crippen molar-refractivity contribution in [3.05, 3.63) is 108 Å². The SMILES string of the molecule is CCCC[C@H]1C(=O)O[C@H](c2ccccc2)[C@H](c2ccccc2)N1C(=O)OCc1ccccc1. The van der Waals surface area contributed by atoms with E-state index in [1.165, 1.54) is 0 Å². The fourth-order valence-corrected chi connectivity index (χ4v) is 4.29. The first-order valence-corrected chi connectivity index (χ1v) is 11.5. The Bertz CT molecular complexity index is 1040. The van der Waals surface area contributed by atoms with Crippen molar-refractivity contribution in [2.24, 2.45) is 0 Å². The Hall–Kier alpha value is -3.60. The van der Waals surface area contributed by atoms with Gasteiger partial charge in [-0.3, -0.25) is 4.90 Å². The summed E-state index contributed by atoms with van der Waals surface area (Å²) in [5.41, 5.74) is 2.64. The predicted octanol–water partition coefficient (Wildman–Crippen LogP) is 6.22. The normalized spacial score (nSPS) is 20.2. The van der Waals surface area contributed by atoms with E-state index in [0.29, 0.717) is 6.42 Å². The Balaban J connectivity index is 1.72. The third-order valence-electron chi connectivity index (χ3n) is 5.95. The molecule has 1 aliphatic heterocycles. The van der Waals surface area contributed by atoms with Crippen LogP contribution in [0.15, 0.2) is 91.0 Å². The van der Waals surface area contributed by atoms with E-state index in [1.54, 1.807) is 4.90 Å². The molecule has 0 aliphatic carbocycles. The predicted molar refractivity (Wildman–Crippen MR) is 126 cm³/mol. The van der Waals surface area contributed by atoms with Gasteiger partial charge < -0.3 is 9.47 Å². The van der Waals surface area contributed by atoms with Crippen molar-refractivity contribution >= 4 is 12.1 Å². The quantitative estimate of drug-likeness (QED) is 0.407. The van der Waals surface area contributed by atoms with Crippen molar-refractivity contribution in [2.45, 2.75) is 51.0 Å². The summed E-state index contributed by atoms with van der Waals surface area (Å²) in [6.45, 7) is 2.21. The molecule has 1 aliphatic rings. The molecular weight excluding hydrogens is 414 g/mol. The number of amides is 1. The summed E-state index contributed by atoms with van der Waals surface area (Å²) in [6.07, 6.45) is 1.12. The molecule has 5 heteroatoms. The molecule has 1 saturated heterocycles. The number of hydrogen-bond acceptors (Lipinski definition) is 4. The minimum atomic E-state index is -0.696. The van der Waals surface area contributed by atoms with Gasteiger partial charge in [0, 0.05) is 0 Å². The first-order chi connectivity index (χ1) is 16.2. The Morgan fingerprint density at radius 3 is 2.06 bits per heavy atom. The number of carbonyl (C=O) groups excluding carboxylic acids is 2. The fourth-order valence-electron chi connectivity index (χ4n) is 4.29. The Morgan fingerprint density at radius 2 is 1.45 bits per heavy atom. The van der Waals surface area contributed by atoms with Crippen molar-refractivity contribution in [3.63, 3.8) is 0 Å². The number of esters is 1. The molecule has 3 atom stereocenters. The zero-order chi connectivity index (χ0) is 23.0. The zero-order valence-electron chi connectivity index (χ0n) is 18.8. The molecule has 3 aromatic rings. The van der Waals surface area contributed by atoms with Crippen LogP contribution < -0.4 is 0 Å². The van der Waals surface area contributed by atoms with Crippen LogP contribution >= 0.6 is 0 Å². The van der Waals surface area contributed by atoms with Crippen LogP contribution in [-0.4, -0.2) is 23.0 Å². The average molecular weight is 444 g/mol. The summed E-state index contributed by atoms with van der Waals surface area (Å²) in [5, 5.41) is 0. The molecule has 0 bridgehead atoms. The lowest BCUT2D eigenvalue weighted by molar-refractivity contribution is -0.173. The van der Waals surface area contributed by atoms with E-state index in [0.717, 1.165) is 29.5 Å². The van der Waals surface area contributed by atoms with Crippen LogP contribution in [0.1, 0.15) is 55.0 Å². The number of morpholine rings is 1. The molecule has 1 heterocycles. The summed E-state index contributed by atoms with van der Waals surface area (Å²) in [5.74, 6) is -0.388. The minimum Gasteiger partial charge on any atom is -0.453 e. The molecule has 5 nitrogen and oxygen atoms in total. The Labute approximate surface area is 194 Å². The molecule has 0 aromatic heterocycles. The maximum atomic E-state index is 13.5. The van der Waals surface area contributed by atoms with Gasteiger partial charge in [-0.05, 0) is 23.1 Å². The molecule has 1 fully saturated rings. The van der Waals surface area contributed by atoms with Gasteiger partial charge in [0.1, 0.15) is 18.7 Å². The summed E-state index contributed by atoms with van der Waals surface area (Å²) in [6, 6.07) is 27.7. The monoisotopic (exact) mass is 443 g/mol. The standard InChI is InChI=1S/C28H29NO4/c1-2-3-19-24-27(30)33-26(23-17-11-6-12-18-23)25(22-15-9-5-10-16-22)29(24)28(31)32-20-21-13-7-4-8-14-21/h4-18,24-26H,2-3,19-20H2,1H3/t24-,25-,26+/m0/s1. The molecule has 33 heavy (non-hydrogen) atoms. The van der Waals surface area contributed by atoms with Crippen LogP contribution in [0, 0.1) is 0 Å². The highest BCUT2D eigenvalue weighted by Crippen LogP contribution is 2.43. The number of cyclic esters (lactones) is 1. The molecule has 170 valence electrons. The van der Waals surface area contributed by atoms with E-state index < -0.39 is 24.3 Å². The van der Waals surface area contributed by atoms with E-state index in [2.05, 4.69) is 6.92 Å². The highest BCUT2D eigenvalue weighted by molar-refractivity contribution is 5.83. The molecule has 0 N–H and O–H groups in total. The van der Waals surface area contributed by atoms with Crippen LogP contribution in [0.4, 0.5) is 4.79 Å². The number of carbonyl (C=O) groups is 2. The molecule has 0 spiro atoms. The molecule has 0 radical (unpaired) electrons. The van der Waals surface area contributed by atoms with Gasteiger partial charge in [0.2, 0.25) is 0 Å². The minimum absolute atomic E-state index is 0.142. The number of unbranched alkanes of at least 4 members (excludes halogenated alkanes) is 1. The number of nitrogens with zero attached hydrogens (tertiary/aromatic N) is 1. The number of hydrogen-bond donors (Lipinski definition) is 0. The van der Waals surface area contributed by atoms with Crippen molar-refractivity contribution in [1.29, 1.82) is 0 Å². The van der Waals surface area contributed by atoms with Gasteiger partial charge in [0.05, 0.1) is 0 Å². The third-order valence-corrected chi connectivity index (χ3v) is 5.95. The van der Waals surface area contributed by atoms with Gasteiger partial charge in [-0.25, -0.2) is 9.59 Å². The Morgan fingerprint density at radius 1 is 0.879 bits per heavy atom. The van der Waals surface area contributed by atoms with Crippen LogP contribution in [0.2, 0.25) is 0 Å². The smallest absolute Gasteiger partial charge is 0.411 e. The van der Waals surface area contributed by atoms with Crippen molar-refractivity contribution < 1.29 is 19.1 Å². The van der Waals surface area contributed by atoms with Crippen molar-refractivity contribution in [3.8, 4) is 0 Å². The summed E-state index contributed by atoms with van der Waals surface area (Å²) < 4.78 is 11.7. The van der Waals surface area contributed by atoms with E-state index in [9.17, 15) is 9.59 Å². The second-order valence-corrected chi connectivity index (χ2v) is 8.23. The number of ether oxygens (including phenoxy) is 2. The van der Waals surface area contributed by atoms with Gasteiger partial charge in [-0.1, -0.05) is 111 Å². The van der Waals surface area contributed by atoms with Crippen molar-refractivity contribution in [2.75, 3.05) is 0 Å². The first-order valence-electron chi connectivity index (χ1n) is 11.5. The fraction of sp³-hybridized carbons (Fsp3) is 0.286. The molecular formula is C28H29NO4. The molecule has 0 saturated carbocycles. The maximum Gasteiger partial charge on any atom is 0.411 e. The van der Waals surface area contributed by atoms with Gasteiger partial charge in [-0.2, -0.15) is 0 Å². The molecule has 1 amide bonds. The summed E-state index contributed by atoms with van der Waals surface area (Å²) in [4.78, 5) is 28.3. The second-order valence-electron chi connectivity index (χ2n) is 8.23. The maximum absolute atomic E-state index is 13.5. The topological polar surface area (TPSA) is 55.8 Å². The lowest BCUT2D eigenvalue weighted by Crippen LogP contribution is -2.54. The van der Waals surface area contributed by atoms with Gasteiger partial charge in [0.25, 0.3) is 0 Å². The molecule has 3 aromatic carbocycles. The molecule has 0 unspecified atom stereocenters. The number of rotatable bonds is 7. The average Bonchev–Trinajstić information content (AvgIpc) is 2.87. The van der Waals surface area contributed by atoms with Crippen LogP contribution in [0.5, 0.6) is 0 Å². The van der Waals surface area contributed by atoms with E-state index in [-0.39, 0.29) is 12.6 Å². The number of benzene rings is 3. The van der Waals surface area contributed by atoms with Crippen LogP contribution in [0.25, 0.3) is 0 Å². The van der Waals surface area contributed by atoms with Gasteiger partial charge in [0.15, 0.2) is 6.10 Å². The highest BCUT2D eigenvalue weighted by atomic mass is 16.6. The van der Waals surface area contributed by atoms with E-state index in [1.807, 2.05) is 91.0 Å². The molecule has 4 rings (SSSR count). The van der Waals surface area contributed by atoms with Crippen molar-refractivity contribution in [1.82, 2.24) is 4.90 Å². The van der Waals surface area contributed by atoms with Gasteiger partial charge in [-0.15, -0.1) is 0 Å². The van der Waals surface area contributed by atoms with Gasteiger partial charge >= 0.3 is 12.1 Å². The van der Waals surface area contributed by atoms with E-state index >= 15 is 0 Å². The lowest BCUT2D eigenvalue weighted by Gasteiger charge is -2.44. The third kappa shape index (κ3) is 5.25. The Kier molecular flexibility index (Phi) is 7.40. The summed E-state index contributed by atoms with van der Waals surface area (Å²) in [7, 11) is 0. The lowest BCUT2D eigenvalue weighted by atomic mass is 9.90. The first kappa shape index (κ1) is 22.6. The van der Waals surface area contributed by atoms with Crippen LogP contribution in [-0.2, 0) is 20.9 Å². The summed E-state index contributed by atoms with van der Waals surface area (Å²) >= 11 is 0. The largest absolute Gasteiger partial charge is 0.453 e. The van der Waals surface area contributed by atoms with Crippen LogP contribution in [0.3, 0.4) is 0 Å².